The molecule has 2 aromatic carbocycles. The number of anilines is 1. The molecule has 0 saturated heterocycles. The number of aromatic hydroxyl groups is 1. The zero-order chi connectivity index (χ0) is 26.6. The summed E-state index contributed by atoms with van der Waals surface area (Å²) in [7, 11) is 0. The van der Waals surface area contributed by atoms with E-state index in [0.29, 0.717) is 34.7 Å². The minimum Gasteiger partial charge on any atom is -0.507 e. The number of nitrogens with one attached hydrogen (secondary N) is 2. The number of carbonyl (C=O) groups excluding carboxylic acids is 3. The number of hydrogen-bond acceptors (Lipinski definition) is 5. The molecule has 1 aliphatic rings. The number of phenolic OH excluding ortho intramolecular Hbond substituents is 1. The summed E-state index contributed by atoms with van der Waals surface area (Å²) < 4.78 is 5.25. The summed E-state index contributed by atoms with van der Waals surface area (Å²) in [6.07, 6.45) is 1.60. The maximum Gasteiger partial charge on any atom is 0.408 e. The number of alkyl carbamates (subject to hydrolysis) is 1. The summed E-state index contributed by atoms with van der Waals surface area (Å²) in [5.41, 5.74) is 1.36. The number of halogens is 1. The Bertz CT molecular complexity index is 1120. The molecule has 0 aliphatic heterocycles. The van der Waals surface area contributed by atoms with Gasteiger partial charge in [0.1, 0.15) is 23.9 Å². The van der Waals surface area contributed by atoms with Gasteiger partial charge in [-0.2, -0.15) is 0 Å². The van der Waals surface area contributed by atoms with E-state index in [1.807, 2.05) is 13.0 Å². The fraction of sp³-hybridized carbons (Fsp3) is 0.444. The third-order valence-corrected chi connectivity index (χ3v) is 6.41. The van der Waals surface area contributed by atoms with Crippen LogP contribution >= 0.6 is 11.6 Å². The number of ether oxygens (including phenoxy) is 1. The number of nitrogens with zero attached hydrogens (tertiary/aromatic N) is 1. The Kier molecular flexibility index (Phi) is 8.51. The molecular weight excluding hydrogens is 482 g/mol. The van der Waals surface area contributed by atoms with Crippen LogP contribution in [-0.4, -0.2) is 46.1 Å². The van der Waals surface area contributed by atoms with Gasteiger partial charge in [0.2, 0.25) is 5.91 Å². The molecule has 36 heavy (non-hydrogen) atoms. The van der Waals surface area contributed by atoms with Crippen molar-refractivity contribution in [3.8, 4) is 5.75 Å². The van der Waals surface area contributed by atoms with Crippen LogP contribution in [0, 0.1) is 13.8 Å². The zero-order valence-electron chi connectivity index (χ0n) is 21.4. The van der Waals surface area contributed by atoms with Crippen LogP contribution in [0.25, 0.3) is 0 Å². The fourth-order valence-electron chi connectivity index (χ4n) is 4.08. The van der Waals surface area contributed by atoms with E-state index in [4.69, 9.17) is 16.3 Å². The van der Waals surface area contributed by atoms with Crippen molar-refractivity contribution in [2.75, 3.05) is 11.9 Å². The topological polar surface area (TPSA) is 108 Å². The van der Waals surface area contributed by atoms with Crippen molar-refractivity contribution in [2.45, 2.75) is 71.6 Å². The first-order chi connectivity index (χ1) is 16.9. The predicted molar refractivity (Wildman–Crippen MR) is 139 cm³/mol. The standard InChI is InChI=1S/C27H34ClN3O5/c1-16-9-7-14-20(28)22(16)30-25(34)23(19-13-6-10-17(2)24(19)33)31(18-11-8-12-18)21(32)15-29-26(35)36-27(3,4)5/h6-7,9-10,13-14,18,23,33H,8,11-12,15H2,1-5H3,(H,29,35)(H,30,34). The van der Waals surface area contributed by atoms with E-state index < -0.39 is 29.6 Å². The molecule has 3 amide bonds. The molecule has 1 unspecified atom stereocenters. The highest BCUT2D eigenvalue weighted by atomic mass is 35.5. The molecule has 3 N–H and O–H groups in total. The van der Waals surface area contributed by atoms with Crippen molar-refractivity contribution in [2.24, 2.45) is 0 Å². The van der Waals surface area contributed by atoms with Gasteiger partial charge in [-0.15, -0.1) is 0 Å². The van der Waals surface area contributed by atoms with Crippen LogP contribution in [0.5, 0.6) is 5.75 Å². The molecule has 1 fully saturated rings. The van der Waals surface area contributed by atoms with Crippen molar-refractivity contribution >= 4 is 35.2 Å². The summed E-state index contributed by atoms with van der Waals surface area (Å²) in [5, 5.41) is 16.6. The molecule has 1 saturated carbocycles. The van der Waals surface area contributed by atoms with Crippen molar-refractivity contribution in [1.29, 1.82) is 0 Å². The Morgan fingerprint density at radius 3 is 2.33 bits per heavy atom. The van der Waals surface area contributed by atoms with Crippen LogP contribution in [0.15, 0.2) is 36.4 Å². The molecule has 194 valence electrons. The number of aryl methyl sites for hydroxylation is 2. The minimum atomic E-state index is -1.14. The van der Waals surface area contributed by atoms with Gasteiger partial charge in [-0.1, -0.05) is 41.9 Å². The summed E-state index contributed by atoms with van der Waals surface area (Å²) in [5.74, 6) is -1.03. The number of carbonyl (C=O) groups is 3. The summed E-state index contributed by atoms with van der Waals surface area (Å²) in [6, 6.07) is 9.00. The van der Waals surface area contributed by atoms with Gasteiger partial charge in [0.05, 0.1) is 10.7 Å². The van der Waals surface area contributed by atoms with E-state index in [-0.39, 0.29) is 18.3 Å². The van der Waals surface area contributed by atoms with Crippen LogP contribution in [0.2, 0.25) is 5.02 Å². The number of benzene rings is 2. The smallest absolute Gasteiger partial charge is 0.408 e. The van der Waals surface area contributed by atoms with Crippen LogP contribution in [0.1, 0.15) is 62.8 Å². The van der Waals surface area contributed by atoms with Gasteiger partial charge in [0.25, 0.3) is 5.91 Å². The highest BCUT2D eigenvalue weighted by molar-refractivity contribution is 6.34. The molecule has 0 spiro atoms. The van der Waals surface area contributed by atoms with Gasteiger partial charge in [-0.25, -0.2) is 4.79 Å². The molecular formula is C27H34ClN3O5. The lowest BCUT2D eigenvalue weighted by Gasteiger charge is -2.42. The molecule has 2 aromatic rings. The van der Waals surface area contributed by atoms with Crippen molar-refractivity contribution in [3.05, 3.63) is 58.1 Å². The third kappa shape index (κ3) is 6.49. The number of para-hydroxylation sites is 2. The first kappa shape index (κ1) is 27.3. The summed E-state index contributed by atoms with van der Waals surface area (Å²) in [6.45, 7) is 8.38. The van der Waals surface area contributed by atoms with Gasteiger partial charge in [0, 0.05) is 11.6 Å². The molecule has 1 aliphatic carbocycles. The normalized spacial score (nSPS) is 14.4. The Balaban J connectivity index is 1.98. The van der Waals surface area contributed by atoms with Gasteiger partial charge >= 0.3 is 6.09 Å². The molecule has 0 radical (unpaired) electrons. The molecule has 3 rings (SSSR count). The second-order valence-corrected chi connectivity index (χ2v) is 10.5. The maximum atomic E-state index is 13.8. The molecule has 1 atom stereocenters. The van der Waals surface area contributed by atoms with Crippen LogP contribution in [0.4, 0.5) is 10.5 Å². The average Bonchev–Trinajstić information content (AvgIpc) is 2.74. The van der Waals surface area contributed by atoms with Crippen molar-refractivity contribution in [1.82, 2.24) is 10.2 Å². The average molecular weight is 516 g/mol. The van der Waals surface area contributed by atoms with Gasteiger partial charge in [-0.3, -0.25) is 9.59 Å². The Hall–Kier alpha value is -3.26. The van der Waals surface area contributed by atoms with E-state index in [1.165, 1.54) is 4.90 Å². The molecule has 8 nitrogen and oxygen atoms in total. The summed E-state index contributed by atoms with van der Waals surface area (Å²) >= 11 is 6.36. The number of hydrogen-bond donors (Lipinski definition) is 3. The van der Waals surface area contributed by atoms with Gasteiger partial charge in [-0.05, 0) is 71.1 Å². The minimum absolute atomic E-state index is 0.0641. The van der Waals surface area contributed by atoms with E-state index in [0.717, 1.165) is 12.0 Å². The lowest BCUT2D eigenvalue weighted by molar-refractivity contribution is -0.143. The maximum absolute atomic E-state index is 13.8. The summed E-state index contributed by atoms with van der Waals surface area (Å²) in [4.78, 5) is 41.0. The van der Waals surface area contributed by atoms with Crippen molar-refractivity contribution in [3.63, 3.8) is 0 Å². The second kappa shape index (κ2) is 11.2. The Morgan fingerprint density at radius 1 is 1.11 bits per heavy atom. The monoisotopic (exact) mass is 515 g/mol. The Morgan fingerprint density at radius 2 is 1.75 bits per heavy atom. The fourth-order valence-corrected chi connectivity index (χ4v) is 4.35. The second-order valence-electron chi connectivity index (χ2n) is 10.1. The van der Waals surface area contributed by atoms with Crippen LogP contribution in [-0.2, 0) is 14.3 Å². The number of amides is 3. The highest BCUT2D eigenvalue weighted by Gasteiger charge is 2.40. The quantitative estimate of drug-likeness (QED) is 0.467. The molecule has 0 heterocycles. The number of phenols is 1. The third-order valence-electron chi connectivity index (χ3n) is 6.10. The Labute approximate surface area is 217 Å². The van der Waals surface area contributed by atoms with Crippen LogP contribution in [0.3, 0.4) is 0 Å². The lowest BCUT2D eigenvalue weighted by atomic mass is 9.88. The number of rotatable bonds is 7. The highest BCUT2D eigenvalue weighted by Crippen LogP contribution is 2.38. The van der Waals surface area contributed by atoms with E-state index in [9.17, 15) is 19.5 Å². The van der Waals surface area contributed by atoms with Gasteiger partial charge < -0.3 is 25.4 Å². The van der Waals surface area contributed by atoms with E-state index >= 15 is 0 Å². The molecule has 0 bridgehead atoms. The van der Waals surface area contributed by atoms with Crippen LogP contribution < -0.4 is 10.6 Å². The SMILES string of the molecule is Cc1cccc(C(C(=O)Nc2c(C)cccc2Cl)N(C(=O)CNC(=O)OC(C)(C)C)C2CCC2)c1O. The largest absolute Gasteiger partial charge is 0.507 e. The first-order valence-electron chi connectivity index (χ1n) is 12.0. The van der Waals surface area contributed by atoms with Gasteiger partial charge in [0.15, 0.2) is 0 Å². The predicted octanol–water partition coefficient (Wildman–Crippen LogP) is 5.25. The van der Waals surface area contributed by atoms with E-state index in [1.54, 1.807) is 58.0 Å². The van der Waals surface area contributed by atoms with E-state index in [2.05, 4.69) is 10.6 Å². The first-order valence-corrected chi connectivity index (χ1v) is 12.4. The molecule has 9 heteroatoms. The van der Waals surface area contributed by atoms with Crippen molar-refractivity contribution < 1.29 is 24.2 Å². The lowest BCUT2D eigenvalue weighted by Crippen LogP contribution is -2.53. The molecule has 0 aromatic heterocycles. The zero-order valence-corrected chi connectivity index (χ0v) is 22.1.